The molecule has 21 heavy (non-hydrogen) atoms. The molecule has 0 atom stereocenters. The molecule has 0 aliphatic carbocycles. The highest BCUT2D eigenvalue weighted by atomic mass is 16.5. The Hall–Kier alpha value is -2.55. The molecule has 0 saturated heterocycles. The number of hydrogen-bond acceptors (Lipinski definition) is 3. The average molecular weight is 278 g/mol. The van der Waals surface area contributed by atoms with Crippen LogP contribution < -0.4 is 10.5 Å². The quantitative estimate of drug-likeness (QED) is 0.736. The molecule has 3 heteroatoms. The fourth-order valence-electron chi connectivity index (χ4n) is 2.44. The van der Waals surface area contributed by atoms with Crippen molar-refractivity contribution in [1.82, 2.24) is 4.98 Å². The van der Waals surface area contributed by atoms with Gasteiger partial charge in [0.2, 0.25) is 0 Å². The summed E-state index contributed by atoms with van der Waals surface area (Å²) >= 11 is 0. The van der Waals surface area contributed by atoms with Gasteiger partial charge in [-0.1, -0.05) is 30.3 Å². The van der Waals surface area contributed by atoms with E-state index in [1.54, 1.807) is 6.20 Å². The number of anilines is 1. The minimum absolute atomic E-state index is 0.484. The third kappa shape index (κ3) is 2.68. The maximum atomic E-state index is 5.96. The first-order valence-corrected chi connectivity index (χ1v) is 6.97. The van der Waals surface area contributed by atoms with Gasteiger partial charge in [-0.05, 0) is 31.0 Å². The van der Waals surface area contributed by atoms with E-state index in [1.807, 2.05) is 44.2 Å². The van der Waals surface area contributed by atoms with Crippen LogP contribution in [0.2, 0.25) is 0 Å². The largest absolute Gasteiger partial charge is 0.488 e. The van der Waals surface area contributed by atoms with Crippen LogP contribution in [0.3, 0.4) is 0 Å². The lowest BCUT2D eigenvalue weighted by Crippen LogP contribution is -2.00. The van der Waals surface area contributed by atoms with Crippen molar-refractivity contribution in [3.8, 4) is 5.75 Å². The van der Waals surface area contributed by atoms with Crippen molar-refractivity contribution in [2.45, 2.75) is 20.5 Å². The monoisotopic (exact) mass is 278 g/mol. The summed E-state index contributed by atoms with van der Waals surface area (Å²) in [7, 11) is 0. The number of nitrogen functional groups attached to an aromatic ring is 1. The summed E-state index contributed by atoms with van der Waals surface area (Å²) in [4.78, 5) is 4.44. The summed E-state index contributed by atoms with van der Waals surface area (Å²) in [6.07, 6.45) is 1.81. The molecule has 0 aliphatic rings. The number of pyridine rings is 1. The zero-order valence-corrected chi connectivity index (χ0v) is 12.3. The second kappa shape index (κ2) is 5.44. The minimum atomic E-state index is 0.484. The van der Waals surface area contributed by atoms with Crippen molar-refractivity contribution in [2.24, 2.45) is 0 Å². The molecule has 0 spiro atoms. The van der Waals surface area contributed by atoms with Crippen LogP contribution in [0, 0.1) is 13.8 Å². The van der Waals surface area contributed by atoms with Gasteiger partial charge < -0.3 is 10.5 Å². The van der Waals surface area contributed by atoms with Gasteiger partial charge in [0.15, 0.2) is 0 Å². The SMILES string of the molecule is Cc1cc(C)c(OCc2cccc3cccnc23)cc1N. The molecule has 0 amide bonds. The van der Waals surface area contributed by atoms with E-state index < -0.39 is 0 Å². The smallest absolute Gasteiger partial charge is 0.124 e. The zero-order valence-electron chi connectivity index (χ0n) is 12.3. The Morgan fingerprint density at radius 3 is 2.71 bits per heavy atom. The van der Waals surface area contributed by atoms with Crippen LogP contribution in [0.4, 0.5) is 5.69 Å². The van der Waals surface area contributed by atoms with E-state index in [-0.39, 0.29) is 0 Å². The van der Waals surface area contributed by atoms with Crippen molar-refractivity contribution in [1.29, 1.82) is 0 Å². The van der Waals surface area contributed by atoms with Gasteiger partial charge in [0.1, 0.15) is 12.4 Å². The first-order valence-electron chi connectivity index (χ1n) is 6.97. The Morgan fingerprint density at radius 1 is 1.05 bits per heavy atom. The van der Waals surface area contributed by atoms with Gasteiger partial charge in [-0.3, -0.25) is 4.98 Å². The number of hydrogen-bond donors (Lipinski definition) is 1. The third-order valence-corrected chi connectivity index (χ3v) is 3.66. The molecular weight excluding hydrogens is 260 g/mol. The predicted octanol–water partition coefficient (Wildman–Crippen LogP) is 4.01. The van der Waals surface area contributed by atoms with Crippen LogP contribution in [0.5, 0.6) is 5.75 Å². The van der Waals surface area contributed by atoms with Gasteiger partial charge in [-0.25, -0.2) is 0 Å². The van der Waals surface area contributed by atoms with Crippen LogP contribution >= 0.6 is 0 Å². The average Bonchev–Trinajstić information content (AvgIpc) is 2.49. The van der Waals surface area contributed by atoms with Crippen LogP contribution in [-0.4, -0.2) is 4.98 Å². The van der Waals surface area contributed by atoms with Gasteiger partial charge in [0.05, 0.1) is 5.52 Å². The molecule has 106 valence electrons. The number of benzene rings is 2. The number of aromatic nitrogens is 1. The van der Waals surface area contributed by atoms with Gasteiger partial charge >= 0.3 is 0 Å². The second-order valence-corrected chi connectivity index (χ2v) is 5.26. The maximum Gasteiger partial charge on any atom is 0.124 e. The van der Waals surface area contributed by atoms with E-state index in [2.05, 4.69) is 17.1 Å². The second-order valence-electron chi connectivity index (χ2n) is 5.26. The molecule has 3 aromatic rings. The summed E-state index contributed by atoms with van der Waals surface area (Å²) < 4.78 is 5.95. The molecule has 3 rings (SSSR count). The highest BCUT2D eigenvalue weighted by Gasteiger charge is 2.06. The molecule has 3 nitrogen and oxygen atoms in total. The van der Waals surface area contributed by atoms with Crippen LogP contribution in [0.25, 0.3) is 10.9 Å². The molecule has 2 aromatic carbocycles. The number of rotatable bonds is 3. The highest BCUT2D eigenvalue weighted by Crippen LogP contribution is 2.26. The predicted molar refractivity (Wildman–Crippen MR) is 86.4 cm³/mol. The van der Waals surface area contributed by atoms with Crippen LogP contribution in [0.1, 0.15) is 16.7 Å². The van der Waals surface area contributed by atoms with E-state index >= 15 is 0 Å². The normalized spacial score (nSPS) is 10.8. The molecule has 0 radical (unpaired) electrons. The fourth-order valence-corrected chi connectivity index (χ4v) is 2.44. The molecule has 0 bridgehead atoms. The van der Waals surface area contributed by atoms with Gasteiger partial charge in [0, 0.05) is 28.9 Å². The Labute approximate surface area is 124 Å². The van der Waals surface area contributed by atoms with Crippen molar-refractivity contribution >= 4 is 16.6 Å². The Kier molecular flexibility index (Phi) is 3.48. The minimum Gasteiger partial charge on any atom is -0.488 e. The summed E-state index contributed by atoms with van der Waals surface area (Å²) in [5.41, 5.74) is 10.9. The Balaban J connectivity index is 1.89. The number of fused-ring (bicyclic) bond motifs is 1. The third-order valence-electron chi connectivity index (χ3n) is 3.66. The van der Waals surface area contributed by atoms with E-state index in [0.717, 1.165) is 39.0 Å². The van der Waals surface area contributed by atoms with E-state index in [4.69, 9.17) is 10.5 Å². The molecule has 1 aromatic heterocycles. The van der Waals surface area contributed by atoms with Gasteiger partial charge in [-0.15, -0.1) is 0 Å². The highest BCUT2D eigenvalue weighted by molar-refractivity contribution is 5.81. The van der Waals surface area contributed by atoms with E-state index in [1.165, 1.54) is 0 Å². The van der Waals surface area contributed by atoms with Crippen molar-refractivity contribution in [3.05, 3.63) is 65.4 Å². The van der Waals surface area contributed by atoms with E-state index in [0.29, 0.717) is 6.61 Å². The Morgan fingerprint density at radius 2 is 1.86 bits per heavy atom. The molecule has 1 heterocycles. The number of para-hydroxylation sites is 1. The van der Waals surface area contributed by atoms with Gasteiger partial charge in [0.25, 0.3) is 0 Å². The van der Waals surface area contributed by atoms with Crippen molar-refractivity contribution in [3.63, 3.8) is 0 Å². The topological polar surface area (TPSA) is 48.1 Å². The molecule has 0 fully saturated rings. The number of ether oxygens (including phenoxy) is 1. The standard InChI is InChI=1S/C18H18N2O/c1-12-9-13(2)17(10-16(12)19)21-11-15-6-3-5-14-7-4-8-20-18(14)15/h3-10H,11,19H2,1-2H3. The van der Waals surface area contributed by atoms with Crippen molar-refractivity contribution in [2.75, 3.05) is 5.73 Å². The lowest BCUT2D eigenvalue weighted by Gasteiger charge is -2.12. The van der Waals surface area contributed by atoms with Gasteiger partial charge in [-0.2, -0.15) is 0 Å². The summed E-state index contributed by atoms with van der Waals surface area (Å²) in [5, 5.41) is 1.12. The fraction of sp³-hybridized carbons (Fsp3) is 0.167. The Bertz CT molecular complexity index is 791. The summed E-state index contributed by atoms with van der Waals surface area (Å²) in [6, 6.07) is 14.1. The zero-order chi connectivity index (χ0) is 14.8. The molecule has 2 N–H and O–H groups in total. The molecular formula is C18H18N2O. The molecule has 0 saturated carbocycles. The number of nitrogens with zero attached hydrogens (tertiary/aromatic N) is 1. The first-order chi connectivity index (χ1) is 10.1. The number of nitrogens with two attached hydrogens (primary N) is 1. The summed E-state index contributed by atoms with van der Waals surface area (Å²) in [5.74, 6) is 0.825. The van der Waals surface area contributed by atoms with E-state index in [9.17, 15) is 0 Å². The molecule has 0 aliphatic heterocycles. The maximum absolute atomic E-state index is 5.96. The lowest BCUT2D eigenvalue weighted by atomic mass is 10.1. The van der Waals surface area contributed by atoms with Crippen LogP contribution in [0.15, 0.2) is 48.7 Å². The number of aryl methyl sites for hydroxylation is 2. The lowest BCUT2D eigenvalue weighted by molar-refractivity contribution is 0.305. The summed E-state index contributed by atoms with van der Waals surface area (Å²) in [6.45, 7) is 4.52. The first kappa shape index (κ1) is 13.4. The van der Waals surface area contributed by atoms with Crippen molar-refractivity contribution < 1.29 is 4.74 Å². The van der Waals surface area contributed by atoms with Crippen LogP contribution in [-0.2, 0) is 6.61 Å². The molecule has 0 unspecified atom stereocenters.